The molecule has 6 heteroatoms. The number of carbonyl (C=O) groups excluding carboxylic acids is 2. The van der Waals surface area contributed by atoms with Gasteiger partial charge in [-0.1, -0.05) is 44.2 Å². The molecular weight excluding hydrogens is 326 g/mol. The highest BCUT2D eigenvalue weighted by atomic mass is 35.5. The van der Waals surface area contributed by atoms with Crippen LogP contribution in [0.15, 0.2) is 30.3 Å². The molecule has 1 aromatic rings. The maximum absolute atomic E-state index is 12.1. The molecule has 2 amide bonds. The van der Waals surface area contributed by atoms with E-state index in [4.69, 9.17) is 5.73 Å². The lowest BCUT2D eigenvalue weighted by molar-refractivity contribution is -0.135. The third-order valence-corrected chi connectivity index (χ3v) is 4.30. The summed E-state index contributed by atoms with van der Waals surface area (Å²) in [7, 11) is 0. The number of benzene rings is 1. The van der Waals surface area contributed by atoms with Crippen molar-refractivity contribution >= 4 is 24.2 Å². The van der Waals surface area contributed by atoms with Crippen molar-refractivity contribution in [1.29, 1.82) is 0 Å². The maximum Gasteiger partial charge on any atom is 0.225 e. The fourth-order valence-electron chi connectivity index (χ4n) is 2.91. The van der Waals surface area contributed by atoms with Crippen molar-refractivity contribution in [3.8, 4) is 0 Å². The predicted molar refractivity (Wildman–Crippen MR) is 97.8 cm³/mol. The third kappa shape index (κ3) is 5.80. The van der Waals surface area contributed by atoms with Crippen molar-refractivity contribution in [2.45, 2.75) is 45.2 Å². The normalized spacial score (nSPS) is 16.4. The predicted octanol–water partition coefficient (Wildman–Crippen LogP) is 2.26. The standard InChI is InChI=1S/C18H27N3O2.ClH/c1-13(2)18(23)21-10-8-15(9-11-21)20-17(22)12-16(19)14-6-4-3-5-7-14;/h3-7,13,15-16H,8-12,19H2,1-2H3,(H,20,22);1H. The SMILES string of the molecule is CC(C)C(=O)N1CCC(NC(=O)CC(N)c2ccccc2)CC1.Cl. The van der Waals surface area contributed by atoms with E-state index in [0.717, 1.165) is 18.4 Å². The Labute approximate surface area is 150 Å². The average molecular weight is 354 g/mol. The summed E-state index contributed by atoms with van der Waals surface area (Å²) in [6.07, 6.45) is 1.91. The van der Waals surface area contributed by atoms with E-state index < -0.39 is 0 Å². The Hall–Kier alpha value is -1.59. The first kappa shape index (κ1) is 20.5. The Morgan fingerprint density at radius 2 is 1.79 bits per heavy atom. The van der Waals surface area contributed by atoms with Gasteiger partial charge in [-0.25, -0.2) is 0 Å². The summed E-state index contributed by atoms with van der Waals surface area (Å²) < 4.78 is 0. The van der Waals surface area contributed by atoms with Crippen molar-refractivity contribution < 1.29 is 9.59 Å². The molecule has 1 atom stereocenters. The van der Waals surface area contributed by atoms with Gasteiger partial charge < -0.3 is 16.0 Å². The second-order valence-corrected chi connectivity index (χ2v) is 6.54. The summed E-state index contributed by atoms with van der Waals surface area (Å²) >= 11 is 0. The number of likely N-dealkylation sites (tertiary alicyclic amines) is 1. The van der Waals surface area contributed by atoms with Crippen LogP contribution < -0.4 is 11.1 Å². The number of hydrogen-bond donors (Lipinski definition) is 2. The number of halogens is 1. The number of hydrogen-bond acceptors (Lipinski definition) is 3. The van der Waals surface area contributed by atoms with Gasteiger partial charge in [-0.2, -0.15) is 0 Å². The van der Waals surface area contributed by atoms with Crippen molar-refractivity contribution in [2.24, 2.45) is 11.7 Å². The Morgan fingerprint density at radius 3 is 2.33 bits per heavy atom. The van der Waals surface area contributed by atoms with Crippen LogP contribution in [0.4, 0.5) is 0 Å². The maximum atomic E-state index is 12.1. The Kier molecular flexibility index (Phi) is 8.22. The largest absolute Gasteiger partial charge is 0.353 e. The van der Waals surface area contributed by atoms with Gasteiger partial charge in [0, 0.05) is 37.5 Å². The number of nitrogens with one attached hydrogen (secondary N) is 1. The van der Waals surface area contributed by atoms with Gasteiger partial charge >= 0.3 is 0 Å². The quantitative estimate of drug-likeness (QED) is 0.852. The molecule has 1 unspecified atom stereocenters. The minimum Gasteiger partial charge on any atom is -0.353 e. The van der Waals surface area contributed by atoms with Gasteiger partial charge in [-0.15, -0.1) is 12.4 Å². The van der Waals surface area contributed by atoms with Crippen molar-refractivity contribution in [3.05, 3.63) is 35.9 Å². The van der Waals surface area contributed by atoms with Crippen LogP contribution in [-0.4, -0.2) is 35.8 Å². The second kappa shape index (κ2) is 9.64. The van der Waals surface area contributed by atoms with Gasteiger partial charge in [0.1, 0.15) is 0 Å². The summed E-state index contributed by atoms with van der Waals surface area (Å²) in [5.74, 6) is 0.209. The third-order valence-electron chi connectivity index (χ3n) is 4.30. The lowest BCUT2D eigenvalue weighted by Gasteiger charge is -2.33. The van der Waals surface area contributed by atoms with Crippen LogP contribution in [-0.2, 0) is 9.59 Å². The summed E-state index contributed by atoms with van der Waals surface area (Å²) in [5.41, 5.74) is 7.05. The Balaban J connectivity index is 0.00000288. The lowest BCUT2D eigenvalue weighted by atomic mass is 10.0. The fraction of sp³-hybridized carbons (Fsp3) is 0.556. The van der Waals surface area contributed by atoms with E-state index in [9.17, 15) is 9.59 Å². The summed E-state index contributed by atoms with van der Waals surface area (Å²) in [6.45, 7) is 5.27. The molecule has 1 heterocycles. The second-order valence-electron chi connectivity index (χ2n) is 6.54. The number of amides is 2. The molecule has 0 aliphatic carbocycles. The highest BCUT2D eigenvalue weighted by Gasteiger charge is 2.25. The molecule has 1 aliphatic rings. The summed E-state index contributed by atoms with van der Waals surface area (Å²) in [4.78, 5) is 26.0. The molecule has 5 nitrogen and oxygen atoms in total. The molecule has 2 rings (SSSR count). The molecule has 3 N–H and O–H groups in total. The minimum atomic E-state index is -0.279. The molecule has 0 radical (unpaired) electrons. The van der Waals surface area contributed by atoms with E-state index in [2.05, 4.69) is 5.32 Å². The topological polar surface area (TPSA) is 75.4 Å². The summed E-state index contributed by atoms with van der Waals surface area (Å²) in [6, 6.07) is 9.52. The zero-order valence-electron chi connectivity index (χ0n) is 14.4. The molecule has 1 aromatic carbocycles. The van der Waals surface area contributed by atoms with Gasteiger partial charge in [-0.3, -0.25) is 9.59 Å². The van der Waals surface area contributed by atoms with Crippen molar-refractivity contribution in [1.82, 2.24) is 10.2 Å². The zero-order valence-corrected chi connectivity index (χ0v) is 15.2. The van der Waals surface area contributed by atoms with Crippen LogP contribution in [0, 0.1) is 5.92 Å². The van der Waals surface area contributed by atoms with Crippen LogP contribution in [0.1, 0.15) is 44.7 Å². The van der Waals surface area contributed by atoms with E-state index in [-0.39, 0.29) is 48.6 Å². The van der Waals surface area contributed by atoms with E-state index >= 15 is 0 Å². The fourth-order valence-corrected chi connectivity index (χ4v) is 2.91. The molecule has 24 heavy (non-hydrogen) atoms. The van der Waals surface area contributed by atoms with Crippen LogP contribution in [0.5, 0.6) is 0 Å². The Morgan fingerprint density at radius 1 is 1.21 bits per heavy atom. The first-order chi connectivity index (χ1) is 11.0. The van der Waals surface area contributed by atoms with Gasteiger partial charge in [0.25, 0.3) is 0 Å². The van der Waals surface area contributed by atoms with E-state index in [1.165, 1.54) is 0 Å². The number of piperidine rings is 1. The average Bonchev–Trinajstić information content (AvgIpc) is 2.55. The number of nitrogens with two attached hydrogens (primary N) is 1. The summed E-state index contributed by atoms with van der Waals surface area (Å²) in [5, 5.41) is 3.05. The first-order valence-electron chi connectivity index (χ1n) is 8.36. The highest BCUT2D eigenvalue weighted by Crippen LogP contribution is 2.16. The number of rotatable bonds is 5. The molecule has 134 valence electrons. The van der Waals surface area contributed by atoms with Gasteiger partial charge in [-0.05, 0) is 18.4 Å². The Bertz CT molecular complexity index is 528. The smallest absolute Gasteiger partial charge is 0.225 e. The van der Waals surface area contributed by atoms with E-state index in [1.54, 1.807) is 0 Å². The molecule has 1 saturated heterocycles. The lowest BCUT2D eigenvalue weighted by Crippen LogP contribution is -2.47. The first-order valence-corrected chi connectivity index (χ1v) is 8.36. The molecular formula is C18H28ClN3O2. The molecule has 0 aromatic heterocycles. The van der Waals surface area contributed by atoms with Crippen LogP contribution in [0.2, 0.25) is 0 Å². The van der Waals surface area contributed by atoms with Crippen molar-refractivity contribution in [2.75, 3.05) is 13.1 Å². The molecule has 0 bridgehead atoms. The molecule has 0 spiro atoms. The van der Waals surface area contributed by atoms with Gasteiger partial charge in [0.15, 0.2) is 0 Å². The zero-order chi connectivity index (χ0) is 16.8. The van der Waals surface area contributed by atoms with Crippen LogP contribution in [0.25, 0.3) is 0 Å². The van der Waals surface area contributed by atoms with E-state index in [0.29, 0.717) is 13.1 Å². The molecule has 1 aliphatic heterocycles. The van der Waals surface area contributed by atoms with Gasteiger partial charge in [0.2, 0.25) is 11.8 Å². The van der Waals surface area contributed by atoms with Gasteiger partial charge in [0.05, 0.1) is 0 Å². The number of nitrogens with zero attached hydrogens (tertiary/aromatic N) is 1. The minimum absolute atomic E-state index is 0. The van der Waals surface area contributed by atoms with Crippen LogP contribution in [0.3, 0.4) is 0 Å². The van der Waals surface area contributed by atoms with Crippen LogP contribution >= 0.6 is 12.4 Å². The monoisotopic (exact) mass is 353 g/mol. The number of carbonyl (C=O) groups is 2. The van der Waals surface area contributed by atoms with Crippen molar-refractivity contribution in [3.63, 3.8) is 0 Å². The molecule has 0 saturated carbocycles. The highest BCUT2D eigenvalue weighted by molar-refractivity contribution is 5.85. The van der Waals surface area contributed by atoms with E-state index in [1.807, 2.05) is 49.1 Å². The molecule has 1 fully saturated rings.